The second-order valence-corrected chi connectivity index (χ2v) is 0. The van der Waals surface area contributed by atoms with Gasteiger partial charge in [0.1, 0.15) is 0 Å². The van der Waals surface area contributed by atoms with Crippen LogP contribution in [0.2, 0.25) is 0 Å². The van der Waals surface area contributed by atoms with Crippen LogP contribution in [0, 0.1) is 0 Å². The van der Waals surface area contributed by atoms with Gasteiger partial charge in [-0.15, -0.1) is 24.8 Å². The van der Waals surface area contributed by atoms with Crippen LogP contribution in [0.5, 0.6) is 0 Å². The van der Waals surface area contributed by atoms with E-state index in [0.717, 1.165) is 0 Å². The molecule has 0 aromatic carbocycles. The van der Waals surface area contributed by atoms with Crippen molar-refractivity contribution >= 4 is 79.9 Å². The first-order chi connectivity index (χ1) is 0. The summed E-state index contributed by atoms with van der Waals surface area (Å²) in [6, 6.07) is 0. The van der Waals surface area contributed by atoms with E-state index in [4.69, 9.17) is 0 Å². The van der Waals surface area contributed by atoms with Crippen LogP contribution in [0.25, 0.3) is 0 Å². The summed E-state index contributed by atoms with van der Waals surface area (Å²) in [4.78, 5) is 0. The van der Waals surface area contributed by atoms with E-state index in [-0.39, 0.29) is 79.9 Å². The van der Waals surface area contributed by atoms with Crippen LogP contribution in [-0.4, -0.2) is 55.1 Å². The van der Waals surface area contributed by atoms with Gasteiger partial charge in [0.25, 0.3) is 0 Å². The van der Waals surface area contributed by atoms with E-state index in [1.807, 2.05) is 0 Å². The maximum atomic E-state index is 0. The zero-order chi connectivity index (χ0) is 0. The number of hydrogen-bond donors (Lipinski definition) is 0. The van der Waals surface area contributed by atoms with Crippen molar-refractivity contribution in [2.45, 2.75) is 0 Å². The molecule has 0 heterocycles. The van der Waals surface area contributed by atoms with Gasteiger partial charge < -0.3 is 0 Å². The average molecular weight is 145 g/mol. The summed E-state index contributed by atoms with van der Waals surface area (Å²) in [5.41, 5.74) is 0. The molecule has 0 saturated carbocycles. The Morgan fingerprint density at radius 2 is 0.750 bits per heavy atom. The summed E-state index contributed by atoms with van der Waals surface area (Å²) in [6.07, 6.45) is 0. The molecule has 0 aliphatic rings. The van der Waals surface area contributed by atoms with E-state index in [1.165, 1.54) is 0 Å². The Hall–Kier alpha value is 2.37. The minimum atomic E-state index is 0. The normalized spacial score (nSPS) is 0. The predicted molar refractivity (Wildman–Crippen MR) is 33.0 cm³/mol. The molecule has 26 valence electrons. The molecule has 0 bridgehead atoms. The molecule has 0 atom stereocenters. The fourth-order valence-corrected chi connectivity index (χ4v) is 0. The van der Waals surface area contributed by atoms with Crippen LogP contribution in [-0.2, 0) is 0 Å². The molecule has 0 rings (SSSR count). The Balaban J connectivity index is 0. The standard InChI is InChI=1S/Al.Ca.2ClH.5H/h;;2*1H;;;;;. The fraction of sp³-hybridized carbons (Fsp3) is 0. The molecule has 0 N–H and O–H groups in total. The molecule has 0 unspecified atom stereocenters. The number of rotatable bonds is 0. The average Bonchev–Trinajstić information content (AvgIpc) is 0. The Kier molecular flexibility index (Phi) is 149. The SMILES string of the molecule is Cl.Cl.[AlH3].[CaH2]. The predicted octanol–water partition coefficient (Wildman–Crippen LogP) is -1.26. The van der Waals surface area contributed by atoms with Crippen LogP contribution in [0.1, 0.15) is 0 Å². The second-order valence-electron chi connectivity index (χ2n) is 0. The third kappa shape index (κ3) is 8.84. The van der Waals surface area contributed by atoms with E-state index in [1.54, 1.807) is 0 Å². The second kappa shape index (κ2) is 18.2. The Morgan fingerprint density at radius 1 is 0.750 bits per heavy atom. The maximum absolute atomic E-state index is 0. The molecule has 0 fully saturated rings. The number of halogens is 2. The molecule has 0 saturated heterocycles. The summed E-state index contributed by atoms with van der Waals surface area (Å²) >= 11 is 0. The molecule has 0 nitrogen and oxygen atoms in total. The van der Waals surface area contributed by atoms with E-state index < -0.39 is 0 Å². The van der Waals surface area contributed by atoms with Crippen LogP contribution < -0.4 is 0 Å². The van der Waals surface area contributed by atoms with Crippen molar-refractivity contribution in [2.75, 3.05) is 0 Å². The Labute approximate surface area is 78.7 Å². The van der Waals surface area contributed by atoms with Crippen molar-refractivity contribution in [3.8, 4) is 0 Å². The summed E-state index contributed by atoms with van der Waals surface area (Å²) in [5.74, 6) is 0. The van der Waals surface area contributed by atoms with Gasteiger partial charge >= 0.3 is 37.7 Å². The first-order valence-corrected chi connectivity index (χ1v) is 0. The molecule has 0 aromatic heterocycles. The van der Waals surface area contributed by atoms with E-state index in [0.29, 0.717) is 0 Å². The quantitative estimate of drug-likeness (QED) is 0.373. The number of hydrogen-bond acceptors (Lipinski definition) is 0. The van der Waals surface area contributed by atoms with Gasteiger partial charge in [-0.25, -0.2) is 0 Å². The first-order valence-electron chi connectivity index (χ1n) is 0. The van der Waals surface area contributed by atoms with Crippen LogP contribution in [0.3, 0.4) is 0 Å². The van der Waals surface area contributed by atoms with Gasteiger partial charge in [-0.2, -0.15) is 0 Å². The van der Waals surface area contributed by atoms with Crippen molar-refractivity contribution in [3.05, 3.63) is 0 Å². The van der Waals surface area contributed by atoms with E-state index in [9.17, 15) is 0 Å². The van der Waals surface area contributed by atoms with Crippen molar-refractivity contribution in [3.63, 3.8) is 0 Å². The molecule has 0 radical (unpaired) electrons. The summed E-state index contributed by atoms with van der Waals surface area (Å²) in [7, 11) is 0. The van der Waals surface area contributed by atoms with Crippen LogP contribution in [0.15, 0.2) is 0 Å². The van der Waals surface area contributed by atoms with Gasteiger partial charge in [0, 0.05) is 0 Å². The van der Waals surface area contributed by atoms with Crippen molar-refractivity contribution in [1.29, 1.82) is 0 Å². The molecule has 0 aliphatic heterocycles. The molecule has 0 aromatic rings. The van der Waals surface area contributed by atoms with E-state index in [2.05, 4.69) is 0 Å². The molecule has 0 aliphatic carbocycles. The van der Waals surface area contributed by atoms with Crippen molar-refractivity contribution in [1.82, 2.24) is 0 Å². The zero-order valence-electron chi connectivity index (χ0n) is 0.816. The fourth-order valence-electron chi connectivity index (χ4n) is 0. The molecule has 0 amide bonds. The van der Waals surface area contributed by atoms with E-state index >= 15 is 0 Å². The molecule has 4 heteroatoms. The molecule has 0 spiro atoms. The first kappa shape index (κ1) is 32.7. The van der Waals surface area contributed by atoms with Gasteiger partial charge in [-0.1, -0.05) is 0 Å². The Morgan fingerprint density at radius 3 is 0.750 bits per heavy atom. The van der Waals surface area contributed by atoms with Gasteiger partial charge in [-0.05, 0) is 0 Å². The third-order valence-electron chi connectivity index (χ3n) is 0. The summed E-state index contributed by atoms with van der Waals surface area (Å²) in [6.45, 7) is 0. The third-order valence-corrected chi connectivity index (χ3v) is 0. The summed E-state index contributed by atoms with van der Waals surface area (Å²) in [5, 5.41) is 0. The topological polar surface area (TPSA) is 0 Å². The van der Waals surface area contributed by atoms with Crippen LogP contribution in [0.4, 0.5) is 0 Å². The Bertz CT molecular complexity index is 6.00. The van der Waals surface area contributed by atoms with Gasteiger partial charge in [0.2, 0.25) is 0 Å². The van der Waals surface area contributed by atoms with Gasteiger partial charge in [-0.3, -0.25) is 0 Å². The zero-order valence-corrected chi connectivity index (χ0v) is 2.45. The summed E-state index contributed by atoms with van der Waals surface area (Å²) < 4.78 is 0. The minimum absolute atomic E-state index is 0. The van der Waals surface area contributed by atoms with Crippen molar-refractivity contribution in [2.24, 2.45) is 0 Å². The van der Waals surface area contributed by atoms with Gasteiger partial charge in [0.15, 0.2) is 17.4 Å². The molecular weight excluding hydrogens is 138 g/mol. The van der Waals surface area contributed by atoms with Crippen molar-refractivity contribution < 1.29 is 0 Å². The monoisotopic (exact) mass is 144 g/mol. The van der Waals surface area contributed by atoms with Crippen LogP contribution >= 0.6 is 24.8 Å². The molecule has 4 heavy (non-hydrogen) atoms. The van der Waals surface area contributed by atoms with Gasteiger partial charge in [0.05, 0.1) is 0 Å². The molecular formula is H7AlCaCl2.